The van der Waals surface area contributed by atoms with Crippen molar-refractivity contribution in [1.29, 1.82) is 5.26 Å². The summed E-state index contributed by atoms with van der Waals surface area (Å²) in [4.78, 5) is 12.4. The number of hydrogen-bond donors (Lipinski definition) is 0. The smallest absolute Gasteiger partial charge is 0.187 e. The van der Waals surface area contributed by atoms with Gasteiger partial charge in [-0.15, -0.1) is 0 Å². The first-order chi connectivity index (χ1) is 9.56. The van der Waals surface area contributed by atoms with Crippen LogP contribution in [0.4, 0.5) is 0 Å². The van der Waals surface area contributed by atoms with E-state index in [4.69, 9.17) is 9.15 Å². The van der Waals surface area contributed by atoms with Crippen molar-refractivity contribution in [3.05, 3.63) is 53.0 Å². The van der Waals surface area contributed by atoms with Crippen molar-refractivity contribution in [2.24, 2.45) is 0 Å². The van der Waals surface area contributed by atoms with Gasteiger partial charge in [0.2, 0.25) is 0 Å². The number of nitriles is 1. The minimum absolute atomic E-state index is 0.284. The third-order valence-corrected chi connectivity index (χ3v) is 3.10. The van der Waals surface area contributed by atoms with Crippen LogP contribution >= 0.6 is 0 Å². The minimum Gasteiger partial charge on any atom is -0.496 e. The van der Waals surface area contributed by atoms with Crippen LogP contribution in [0.1, 0.15) is 33.2 Å². The van der Waals surface area contributed by atoms with Crippen molar-refractivity contribution in [1.82, 2.24) is 0 Å². The van der Waals surface area contributed by atoms with Crippen molar-refractivity contribution >= 4 is 5.78 Å². The lowest BCUT2D eigenvalue weighted by Crippen LogP contribution is -2.12. The molecule has 0 bridgehead atoms. The molecule has 20 heavy (non-hydrogen) atoms. The van der Waals surface area contributed by atoms with E-state index in [0.29, 0.717) is 22.6 Å². The Morgan fingerprint density at radius 1 is 1.35 bits per heavy atom. The molecular formula is C16H15NO3. The van der Waals surface area contributed by atoms with Crippen molar-refractivity contribution in [2.75, 3.05) is 7.11 Å². The quantitative estimate of drug-likeness (QED) is 0.798. The predicted molar refractivity (Wildman–Crippen MR) is 73.9 cm³/mol. The highest BCUT2D eigenvalue weighted by atomic mass is 16.5. The van der Waals surface area contributed by atoms with E-state index in [2.05, 4.69) is 6.07 Å². The van der Waals surface area contributed by atoms with Gasteiger partial charge in [-0.25, -0.2) is 0 Å². The van der Waals surface area contributed by atoms with E-state index in [1.807, 2.05) is 13.0 Å². The van der Waals surface area contributed by atoms with Crippen LogP contribution in [0.25, 0.3) is 0 Å². The Bertz CT molecular complexity index is 679. The summed E-state index contributed by atoms with van der Waals surface area (Å²) in [5.41, 5.74) is 1.95. The number of furan rings is 1. The zero-order valence-corrected chi connectivity index (χ0v) is 11.6. The van der Waals surface area contributed by atoms with Crippen LogP contribution in [0.5, 0.6) is 5.75 Å². The normalized spacial score (nSPS) is 11.7. The van der Waals surface area contributed by atoms with Gasteiger partial charge in [-0.3, -0.25) is 4.79 Å². The van der Waals surface area contributed by atoms with E-state index in [1.54, 1.807) is 25.1 Å². The number of carbonyl (C=O) groups excluding carboxylic acids is 1. The van der Waals surface area contributed by atoms with E-state index < -0.39 is 5.92 Å². The minimum atomic E-state index is -0.901. The molecule has 1 aromatic carbocycles. The summed E-state index contributed by atoms with van der Waals surface area (Å²) < 4.78 is 10.4. The van der Waals surface area contributed by atoms with Crippen molar-refractivity contribution < 1.29 is 13.9 Å². The summed E-state index contributed by atoms with van der Waals surface area (Å²) >= 11 is 0. The molecule has 0 N–H and O–H groups in total. The number of nitrogens with zero attached hydrogens (tertiary/aromatic N) is 1. The van der Waals surface area contributed by atoms with Gasteiger partial charge in [-0.1, -0.05) is 17.7 Å². The van der Waals surface area contributed by atoms with Crippen LogP contribution in [0, 0.1) is 25.2 Å². The third kappa shape index (κ3) is 2.57. The molecule has 4 heteroatoms. The second-order valence-electron chi connectivity index (χ2n) is 4.62. The molecule has 2 aromatic rings. The Labute approximate surface area is 117 Å². The molecule has 0 saturated carbocycles. The summed E-state index contributed by atoms with van der Waals surface area (Å²) in [6.07, 6.45) is 1.38. The predicted octanol–water partition coefficient (Wildman–Crippen LogP) is 3.40. The molecule has 0 aliphatic heterocycles. The molecule has 0 aliphatic rings. The van der Waals surface area contributed by atoms with Gasteiger partial charge in [0.25, 0.3) is 0 Å². The maximum absolute atomic E-state index is 12.4. The fourth-order valence-electron chi connectivity index (χ4n) is 2.09. The molecule has 0 spiro atoms. The fraction of sp³-hybridized carbons (Fsp3) is 0.250. The van der Waals surface area contributed by atoms with Crippen LogP contribution in [0.15, 0.2) is 34.9 Å². The first-order valence-electron chi connectivity index (χ1n) is 6.20. The monoisotopic (exact) mass is 269 g/mol. The van der Waals surface area contributed by atoms with Crippen molar-refractivity contribution in [3.63, 3.8) is 0 Å². The zero-order valence-electron chi connectivity index (χ0n) is 11.6. The number of ether oxygens (including phenoxy) is 1. The van der Waals surface area contributed by atoms with Crippen LogP contribution in [-0.2, 0) is 0 Å². The Morgan fingerprint density at radius 3 is 2.65 bits per heavy atom. The van der Waals surface area contributed by atoms with E-state index in [0.717, 1.165) is 5.56 Å². The zero-order chi connectivity index (χ0) is 14.7. The molecule has 1 aromatic heterocycles. The molecule has 1 unspecified atom stereocenters. The molecule has 1 atom stereocenters. The largest absolute Gasteiger partial charge is 0.496 e. The van der Waals surface area contributed by atoms with Crippen LogP contribution in [0.2, 0.25) is 0 Å². The van der Waals surface area contributed by atoms with Crippen LogP contribution in [-0.4, -0.2) is 12.9 Å². The van der Waals surface area contributed by atoms with Gasteiger partial charge < -0.3 is 9.15 Å². The maximum atomic E-state index is 12.4. The topological polar surface area (TPSA) is 63.2 Å². The molecule has 0 radical (unpaired) electrons. The summed E-state index contributed by atoms with van der Waals surface area (Å²) in [5, 5.41) is 9.37. The fourth-order valence-corrected chi connectivity index (χ4v) is 2.09. The van der Waals surface area contributed by atoms with Gasteiger partial charge in [-0.2, -0.15) is 5.26 Å². The summed E-state index contributed by atoms with van der Waals surface area (Å²) in [5.74, 6) is -0.00735. The second-order valence-corrected chi connectivity index (χ2v) is 4.62. The molecule has 0 amide bonds. The second kappa shape index (κ2) is 5.62. The number of carbonyl (C=O) groups is 1. The van der Waals surface area contributed by atoms with E-state index in [-0.39, 0.29) is 5.78 Å². The van der Waals surface area contributed by atoms with Gasteiger partial charge in [-0.05, 0) is 26.0 Å². The Balaban J connectivity index is 2.45. The number of benzene rings is 1. The Kier molecular flexibility index (Phi) is 3.90. The highest BCUT2D eigenvalue weighted by Gasteiger charge is 2.26. The number of hydrogen-bond acceptors (Lipinski definition) is 4. The van der Waals surface area contributed by atoms with Gasteiger partial charge in [0.15, 0.2) is 5.78 Å². The standard InChI is InChI=1S/C16H15NO3/c1-10-4-5-15(19-3)13(6-10)14(8-17)16(18)12-7-11(2)20-9-12/h4-7,9,14H,1-3H3. The molecule has 0 fully saturated rings. The summed E-state index contributed by atoms with van der Waals surface area (Å²) in [6, 6.07) is 9.14. The molecule has 2 rings (SSSR count). The average molecular weight is 269 g/mol. The van der Waals surface area contributed by atoms with Crippen molar-refractivity contribution in [2.45, 2.75) is 19.8 Å². The molecule has 4 nitrogen and oxygen atoms in total. The lowest BCUT2D eigenvalue weighted by atomic mass is 9.91. The highest BCUT2D eigenvalue weighted by Crippen LogP contribution is 2.30. The Morgan fingerprint density at radius 2 is 2.10 bits per heavy atom. The number of methoxy groups -OCH3 is 1. The van der Waals surface area contributed by atoms with Gasteiger partial charge >= 0.3 is 0 Å². The molecule has 0 aliphatic carbocycles. The van der Waals surface area contributed by atoms with Gasteiger partial charge in [0.05, 0.1) is 18.7 Å². The summed E-state index contributed by atoms with van der Waals surface area (Å²) in [6.45, 7) is 3.66. The number of ketones is 1. The number of aryl methyl sites for hydroxylation is 2. The highest BCUT2D eigenvalue weighted by molar-refractivity contribution is 6.03. The molecule has 1 heterocycles. The van der Waals surface area contributed by atoms with E-state index >= 15 is 0 Å². The van der Waals surface area contributed by atoms with E-state index in [1.165, 1.54) is 13.4 Å². The van der Waals surface area contributed by atoms with Crippen LogP contribution in [0.3, 0.4) is 0 Å². The van der Waals surface area contributed by atoms with Crippen molar-refractivity contribution in [3.8, 4) is 11.8 Å². The van der Waals surface area contributed by atoms with E-state index in [9.17, 15) is 10.1 Å². The number of rotatable bonds is 4. The molecule has 102 valence electrons. The van der Waals surface area contributed by atoms with Crippen LogP contribution < -0.4 is 4.74 Å². The lowest BCUT2D eigenvalue weighted by molar-refractivity contribution is 0.0977. The molecule has 0 saturated heterocycles. The Hall–Kier alpha value is -2.54. The maximum Gasteiger partial charge on any atom is 0.187 e. The summed E-state index contributed by atoms with van der Waals surface area (Å²) in [7, 11) is 1.52. The molecular weight excluding hydrogens is 254 g/mol. The lowest BCUT2D eigenvalue weighted by Gasteiger charge is -2.13. The first-order valence-corrected chi connectivity index (χ1v) is 6.20. The van der Waals surface area contributed by atoms with Gasteiger partial charge in [0.1, 0.15) is 23.7 Å². The first kappa shape index (κ1) is 13.9. The van der Waals surface area contributed by atoms with Gasteiger partial charge in [0, 0.05) is 5.56 Å². The SMILES string of the molecule is COc1ccc(C)cc1C(C#N)C(=O)c1coc(C)c1. The average Bonchev–Trinajstić information content (AvgIpc) is 2.86. The number of Topliss-reactive ketones (excluding diaryl/α,β-unsaturated/α-hetero) is 1. The third-order valence-electron chi connectivity index (χ3n) is 3.10.